The van der Waals surface area contributed by atoms with Crippen molar-refractivity contribution in [2.75, 3.05) is 23.7 Å². The first kappa shape index (κ1) is 24.1. The summed E-state index contributed by atoms with van der Waals surface area (Å²) in [5, 5.41) is 12.5. The van der Waals surface area contributed by atoms with Gasteiger partial charge in [-0.05, 0) is 31.5 Å². The van der Waals surface area contributed by atoms with Crippen LogP contribution in [0.2, 0.25) is 0 Å². The zero-order chi connectivity index (χ0) is 25.9. The molecular weight excluding hydrogens is 499 g/mol. The van der Waals surface area contributed by atoms with Gasteiger partial charge >= 0.3 is 6.18 Å². The van der Waals surface area contributed by atoms with E-state index in [1.54, 1.807) is 0 Å². The van der Waals surface area contributed by atoms with Crippen LogP contribution >= 0.6 is 11.3 Å². The standard InChI is InChI=1S/C24H19F5N6S/c1-10-8-35(11(2)7-32-10)23-13-5-15(24(27,28)29)18(19(26)20(13)33-9-34-23)12-3-4-16(25)21-17(12)14(6-30)22(31)36-21/h3-5,9-11,32H,7-8,31H2,1-2H3. The molecule has 186 valence electrons. The molecule has 2 aromatic heterocycles. The molecule has 0 amide bonds. The van der Waals surface area contributed by atoms with Crippen molar-refractivity contribution in [3.05, 3.63) is 47.3 Å². The van der Waals surface area contributed by atoms with Gasteiger partial charge in [0, 0.05) is 41.5 Å². The Labute approximate surface area is 206 Å². The lowest BCUT2D eigenvalue weighted by Crippen LogP contribution is -2.54. The van der Waals surface area contributed by atoms with E-state index < -0.39 is 28.9 Å². The smallest absolute Gasteiger partial charge is 0.389 e. The SMILES string of the molecule is CC1CN(c2ncnc3c(F)c(-c4ccc(F)c5sc(N)c(C#N)c45)c(C(F)(F)F)cc23)C(C)CN1. The van der Waals surface area contributed by atoms with Crippen molar-refractivity contribution in [1.29, 1.82) is 5.26 Å². The molecule has 3 heterocycles. The summed E-state index contributed by atoms with van der Waals surface area (Å²) >= 11 is 0.722. The van der Waals surface area contributed by atoms with Crippen LogP contribution in [0.5, 0.6) is 0 Å². The van der Waals surface area contributed by atoms with Crippen LogP contribution in [0.15, 0.2) is 24.5 Å². The number of nitriles is 1. The number of alkyl halides is 3. The molecule has 1 aliphatic heterocycles. The summed E-state index contributed by atoms with van der Waals surface area (Å²) in [4.78, 5) is 10.0. The molecule has 4 aromatic rings. The van der Waals surface area contributed by atoms with Gasteiger partial charge in [0.25, 0.3) is 0 Å². The molecule has 0 aliphatic carbocycles. The number of nitrogen functional groups attached to an aromatic ring is 1. The van der Waals surface area contributed by atoms with Crippen molar-refractivity contribution in [2.45, 2.75) is 32.1 Å². The van der Waals surface area contributed by atoms with E-state index in [9.17, 15) is 22.8 Å². The highest BCUT2D eigenvalue weighted by molar-refractivity contribution is 7.23. The Balaban J connectivity index is 1.87. The number of halogens is 5. The number of hydrogen-bond acceptors (Lipinski definition) is 7. The van der Waals surface area contributed by atoms with Gasteiger partial charge in [0.1, 0.15) is 34.5 Å². The Kier molecular flexibility index (Phi) is 5.72. The molecule has 12 heteroatoms. The van der Waals surface area contributed by atoms with Gasteiger partial charge in [0.15, 0.2) is 5.82 Å². The molecule has 1 aliphatic rings. The Morgan fingerprint density at radius 1 is 1.22 bits per heavy atom. The number of piperazine rings is 1. The van der Waals surface area contributed by atoms with Gasteiger partial charge in [0.2, 0.25) is 0 Å². The fourth-order valence-corrected chi connectivity index (χ4v) is 5.64. The molecule has 0 saturated carbocycles. The van der Waals surface area contributed by atoms with Crippen molar-refractivity contribution in [3.63, 3.8) is 0 Å². The van der Waals surface area contributed by atoms with Crippen molar-refractivity contribution in [1.82, 2.24) is 15.3 Å². The van der Waals surface area contributed by atoms with Crippen LogP contribution in [0.25, 0.3) is 32.1 Å². The summed E-state index contributed by atoms with van der Waals surface area (Å²) in [6.07, 6.45) is -3.87. The quantitative estimate of drug-likeness (QED) is 0.343. The third-order valence-electron chi connectivity index (χ3n) is 6.39. The Morgan fingerprint density at radius 2 is 1.97 bits per heavy atom. The number of aromatic nitrogens is 2. The normalized spacial score (nSPS) is 18.7. The van der Waals surface area contributed by atoms with E-state index in [0.29, 0.717) is 13.1 Å². The van der Waals surface area contributed by atoms with Gasteiger partial charge in [0.05, 0.1) is 15.8 Å². The van der Waals surface area contributed by atoms with Crippen molar-refractivity contribution in [3.8, 4) is 17.2 Å². The molecule has 3 N–H and O–H groups in total. The number of benzene rings is 2. The molecule has 0 spiro atoms. The minimum Gasteiger partial charge on any atom is -0.389 e. The minimum absolute atomic E-state index is 0.0402. The topological polar surface area (TPSA) is 90.9 Å². The van der Waals surface area contributed by atoms with Gasteiger partial charge in [-0.15, -0.1) is 11.3 Å². The summed E-state index contributed by atoms with van der Waals surface area (Å²) in [5.41, 5.74) is 2.95. The molecule has 2 atom stereocenters. The summed E-state index contributed by atoms with van der Waals surface area (Å²) in [5.74, 6) is -1.81. The van der Waals surface area contributed by atoms with E-state index in [-0.39, 0.29) is 55.0 Å². The van der Waals surface area contributed by atoms with E-state index in [0.717, 1.165) is 35.9 Å². The number of nitrogens with one attached hydrogen (secondary N) is 1. The van der Waals surface area contributed by atoms with Crippen LogP contribution in [-0.2, 0) is 6.18 Å². The summed E-state index contributed by atoms with van der Waals surface area (Å²) in [6.45, 7) is 4.85. The van der Waals surface area contributed by atoms with E-state index in [1.165, 1.54) is 0 Å². The first-order valence-corrected chi connectivity index (χ1v) is 11.8. The number of nitrogens with two attached hydrogens (primary N) is 1. The lowest BCUT2D eigenvalue weighted by atomic mass is 9.92. The number of anilines is 2. The van der Waals surface area contributed by atoms with E-state index in [4.69, 9.17) is 5.73 Å². The molecule has 2 unspecified atom stereocenters. The molecule has 2 aromatic carbocycles. The molecule has 0 bridgehead atoms. The average Bonchev–Trinajstić information content (AvgIpc) is 3.17. The van der Waals surface area contributed by atoms with Crippen LogP contribution < -0.4 is 16.0 Å². The maximum atomic E-state index is 16.1. The molecule has 0 radical (unpaired) electrons. The number of thiophene rings is 1. The average molecular weight is 519 g/mol. The van der Waals surface area contributed by atoms with Crippen LogP contribution in [0, 0.1) is 23.0 Å². The highest BCUT2D eigenvalue weighted by atomic mass is 32.1. The molecular formula is C24H19F5N6S. The Hall–Kier alpha value is -3.56. The van der Waals surface area contributed by atoms with Crippen LogP contribution in [0.4, 0.5) is 32.8 Å². The number of fused-ring (bicyclic) bond motifs is 2. The van der Waals surface area contributed by atoms with E-state index >= 15 is 4.39 Å². The van der Waals surface area contributed by atoms with Crippen LogP contribution in [-0.4, -0.2) is 35.1 Å². The Bertz CT molecular complexity index is 1560. The second-order valence-electron chi connectivity index (χ2n) is 8.77. The number of hydrogen-bond donors (Lipinski definition) is 2. The fourth-order valence-electron chi connectivity index (χ4n) is 4.69. The second kappa shape index (κ2) is 8.53. The lowest BCUT2D eigenvalue weighted by Gasteiger charge is -2.38. The molecule has 6 nitrogen and oxygen atoms in total. The monoisotopic (exact) mass is 518 g/mol. The molecule has 1 saturated heterocycles. The first-order valence-electron chi connectivity index (χ1n) is 11.0. The fraction of sp³-hybridized carbons (Fsp3) is 0.292. The second-order valence-corrected chi connectivity index (χ2v) is 9.82. The van der Waals surface area contributed by atoms with Crippen molar-refractivity contribution >= 4 is 43.1 Å². The maximum Gasteiger partial charge on any atom is 0.417 e. The van der Waals surface area contributed by atoms with Crippen LogP contribution in [0.3, 0.4) is 0 Å². The van der Waals surface area contributed by atoms with Crippen molar-refractivity contribution < 1.29 is 22.0 Å². The summed E-state index contributed by atoms with van der Waals surface area (Å²) in [6, 6.07) is 4.54. The lowest BCUT2D eigenvalue weighted by molar-refractivity contribution is -0.137. The van der Waals surface area contributed by atoms with Gasteiger partial charge in [-0.3, -0.25) is 0 Å². The van der Waals surface area contributed by atoms with Gasteiger partial charge in [-0.1, -0.05) is 6.07 Å². The predicted octanol–water partition coefficient (Wildman–Crippen LogP) is 5.45. The van der Waals surface area contributed by atoms with Gasteiger partial charge in [-0.25, -0.2) is 18.7 Å². The third kappa shape index (κ3) is 3.70. The highest BCUT2D eigenvalue weighted by Gasteiger charge is 2.38. The van der Waals surface area contributed by atoms with Gasteiger partial charge in [-0.2, -0.15) is 18.4 Å². The number of nitrogens with zero attached hydrogens (tertiary/aromatic N) is 4. The molecule has 1 fully saturated rings. The highest BCUT2D eigenvalue weighted by Crippen LogP contribution is 2.47. The zero-order valence-corrected chi connectivity index (χ0v) is 19.9. The largest absolute Gasteiger partial charge is 0.417 e. The zero-order valence-electron chi connectivity index (χ0n) is 19.0. The molecule has 5 rings (SSSR count). The Morgan fingerprint density at radius 3 is 2.67 bits per heavy atom. The maximum absolute atomic E-state index is 16.1. The van der Waals surface area contributed by atoms with Crippen molar-refractivity contribution in [2.24, 2.45) is 0 Å². The van der Waals surface area contributed by atoms with E-state index in [1.807, 2.05) is 24.8 Å². The summed E-state index contributed by atoms with van der Waals surface area (Å²) < 4.78 is 73.8. The van der Waals surface area contributed by atoms with Crippen LogP contribution in [0.1, 0.15) is 25.0 Å². The minimum atomic E-state index is -4.98. The van der Waals surface area contributed by atoms with E-state index in [2.05, 4.69) is 15.3 Å². The number of rotatable bonds is 2. The summed E-state index contributed by atoms with van der Waals surface area (Å²) in [7, 11) is 0. The molecule has 36 heavy (non-hydrogen) atoms. The predicted molar refractivity (Wildman–Crippen MR) is 129 cm³/mol. The van der Waals surface area contributed by atoms with Gasteiger partial charge < -0.3 is 16.0 Å². The first-order chi connectivity index (χ1) is 17.0. The third-order valence-corrected chi connectivity index (χ3v) is 7.42.